The molecule has 1 aliphatic rings. The molecule has 1 atom stereocenters. The number of halogens is 1. The van der Waals surface area contributed by atoms with Gasteiger partial charge in [0, 0.05) is 11.3 Å². The van der Waals surface area contributed by atoms with E-state index in [1.807, 2.05) is 6.07 Å². The van der Waals surface area contributed by atoms with Gasteiger partial charge in [0.15, 0.2) is 0 Å². The highest BCUT2D eigenvalue weighted by molar-refractivity contribution is 8.00. The predicted molar refractivity (Wildman–Crippen MR) is 88.0 cm³/mol. The average molecular weight is 346 g/mol. The smallest absolute Gasteiger partial charge is 0.319 e. The molecule has 0 N–H and O–H groups in total. The van der Waals surface area contributed by atoms with Crippen LogP contribution < -0.4 is 0 Å². The van der Waals surface area contributed by atoms with Crippen molar-refractivity contribution in [1.29, 1.82) is 0 Å². The summed E-state index contributed by atoms with van der Waals surface area (Å²) in [5.74, 6) is -0.442. The molecular weight excluding hydrogens is 335 g/mol. The first kappa shape index (κ1) is 14.6. The fourth-order valence-electron chi connectivity index (χ4n) is 2.39. The number of esters is 1. The molecule has 0 bridgehead atoms. The summed E-state index contributed by atoms with van der Waals surface area (Å²) in [6.07, 6.45) is 2.21. The minimum atomic E-state index is -0.259. The van der Waals surface area contributed by atoms with Gasteiger partial charge in [-0.1, -0.05) is 23.9 Å². The molecule has 1 aliphatic heterocycles. The summed E-state index contributed by atoms with van der Waals surface area (Å²) in [4.78, 5) is 21.3. The molecule has 0 aliphatic carbocycles. The van der Waals surface area contributed by atoms with E-state index in [9.17, 15) is 9.18 Å². The molecule has 0 radical (unpaired) electrons. The summed E-state index contributed by atoms with van der Waals surface area (Å²) in [5.41, 5.74) is 1.77. The van der Waals surface area contributed by atoms with Crippen LogP contribution in [0.25, 0.3) is 20.7 Å². The largest absolute Gasteiger partial charge is 0.465 e. The van der Waals surface area contributed by atoms with E-state index >= 15 is 0 Å². The summed E-state index contributed by atoms with van der Waals surface area (Å²) in [6, 6.07) is 8.33. The molecule has 1 fully saturated rings. The van der Waals surface area contributed by atoms with Crippen molar-refractivity contribution in [2.75, 3.05) is 6.61 Å². The monoisotopic (exact) mass is 346 g/mol. The number of ether oxygens (including phenoxy) is 1. The Morgan fingerprint density at radius 2 is 2.09 bits per heavy atom. The third-order valence-corrected chi connectivity index (χ3v) is 6.10. The number of carbonyl (C=O) groups excluding carboxylic acids is 1. The van der Waals surface area contributed by atoms with E-state index in [0.717, 1.165) is 25.7 Å². The maximum atomic E-state index is 13.1. The van der Waals surface area contributed by atoms with Crippen LogP contribution in [0.15, 0.2) is 41.7 Å². The molecule has 0 spiro atoms. The van der Waals surface area contributed by atoms with Gasteiger partial charge in [-0.3, -0.25) is 4.79 Å². The Balaban J connectivity index is 1.72. The molecule has 3 aromatic rings. The molecule has 23 heavy (non-hydrogen) atoms. The van der Waals surface area contributed by atoms with Gasteiger partial charge in [-0.05, 0) is 23.8 Å². The molecule has 0 saturated carbocycles. The second kappa shape index (κ2) is 5.90. The number of hydrogen-bond acceptors (Lipinski definition) is 6. The lowest BCUT2D eigenvalue weighted by Gasteiger charge is -2.04. The number of fused-ring (bicyclic) bond motifs is 1. The minimum absolute atomic E-state index is 0.183. The lowest BCUT2D eigenvalue weighted by Crippen LogP contribution is -2.09. The third kappa shape index (κ3) is 2.82. The van der Waals surface area contributed by atoms with Gasteiger partial charge in [0.25, 0.3) is 0 Å². The van der Waals surface area contributed by atoms with E-state index < -0.39 is 0 Å². The van der Waals surface area contributed by atoms with E-state index in [4.69, 9.17) is 4.74 Å². The zero-order valence-corrected chi connectivity index (χ0v) is 13.5. The van der Waals surface area contributed by atoms with E-state index in [1.165, 1.54) is 30.2 Å². The van der Waals surface area contributed by atoms with Crippen LogP contribution in [0.4, 0.5) is 4.39 Å². The molecule has 1 aromatic carbocycles. The van der Waals surface area contributed by atoms with Gasteiger partial charge in [-0.15, -0.1) is 11.3 Å². The van der Waals surface area contributed by atoms with Crippen molar-refractivity contribution in [3.05, 3.63) is 42.5 Å². The predicted octanol–water partition coefficient (Wildman–Crippen LogP) is 3.91. The van der Waals surface area contributed by atoms with Gasteiger partial charge in [0.2, 0.25) is 0 Å². The molecule has 2 aromatic heterocycles. The highest BCUT2D eigenvalue weighted by Crippen LogP contribution is 2.39. The zero-order chi connectivity index (χ0) is 15.8. The number of hydrogen-bond donors (Lipinski definition) is 0. The van der Waals surface area contributed by atoms with Gasteiger partial charge in [-0.2, -0.15) is 0 Å². The van der Waals surface area contributed by atoms with Crippen LogP contribution in [-0.2, 0) is 9.53 Å². The number of cyclic esters (lactones) is 1. The normalized spacial score (nSPS) is 17.6. The molecule has 3 heterocycles. The maximum Gasteiger partial charge on any atom is 0.319 e. The third-order valence-electron chi connectivity index (χ3n) is 3.55. The topological polar surface area (TPSA) is 52.1 Å². The van der Waals surface area contributed by atoms with Crippen LogP contribution in [0.2, 0.25) is 0 Å². The van der Waals surface area contributed by atoms with Crippen LogP contribution in [0, 0.1) is 5.82 Å². The summed E-state index contributed by atoms with van der Waals surface area (Å²) in [6.45, 7) is 0.468. The first-order valence-corrected chi connectivity index (χ1v) is 8.74. The van der Waals surface area contributed by atoms with Crippen LogP contribution >= 0.6 is 23.1 Å². The molecular formula is C16H11FN2O2S2. The summed E-state index contributed by atoms with van der Waals surface area (Å²) in [5, 5.41) is 0.585. The summed E-state index contributed by atoms with van der Waals surface area (Å²) < 4.78 is 19.0. The van der Waals surface area contributed by atoms with Crippen molar-refractivity contribution in [1.82, 2.24) is 9.97 Å². The lowest BCUT2D eigenvalue weighted by atomic mass is 10.2. The van der Waals surface area contributed by atoms with Gasteiger partial charge in [-0.25, -0.2) is 14.4 Å². The number of carbonyl (C=O) groups is 1. The Hall–Kier alpha value is -1.99. The number of rotatable bonds is 3. The molecule has 4 nitrogen and oxygen atoms in total. The summed E-state index contributed by atoms with van der Waals surface area (Å²) in [7, 11) is 0. The first-order chi connectivity index (χ1) is 11.2. The van der Waals surface area contributed by atoms with E-state index in [0.29, 0.717) is 13.0 Å². The first-order valence-electron chi connectivity index (χ1n) is 7.04. The number of benzene rings is 1. The van der Waals surface area contributed by atoms with E-state index in [1.54, 1.807) is 23.5 Å². The molecule has 0 amide bonds. The van der Waals surface area contributed by atoms with Gasteiger partial charge in [0.1, 0.15) is 22.4 Å². The Morgan fingerprint density at radius 1 is 1.26 bits per heavy atom. The SMILES string of the molecule is O=C1OCC[C@H]1Sc1ncnc2cc(-c3ccc(F)cc3)sc12. The Kier molecular flexibility index (Phi) is 3.74. The molecule has 0 unspecified atom stereocenters. The van der Waals surface area contributed by atoms with E-state index in [-0.39, 0.29) is 17.0 Å². The maximum absolute atomic E-state index is 13.1. The molecule has 1 saturated heterocycles. The Morgan fingerprint density at radius 3 is 2.83 bits per heavy atom. The highest BCUT2D eigenvalue weighted by Gasteiger charge is 2.29. The van der Waals surface area contributed by atoms with Crippen molar-refractivity contribution >= 4 is 39.3 Å². The lowest BCUT2D eigenvalue weighted by molar-refractivity contribution is -0.137. The second-order valence-corrected chi connectivity index (χ2v) is 7.32. The number of aromatic nitrogens is 2. The Bertz CT molecular complexity index is 879. The molecule has 7 heteroatoms. The van der Waals surface area contributed by atoms with Crippen molar-refractivity contribution in [2.45, 2.75) is 16.7 Å². The van der Waals surface area contributed by atoms with Gasteiger partial charge in [0.05, 0.1) is 16.8 Å². The van der Waals surface area contributed by atoms with Crippen LogP contribution in [-0.4, -0.2) is 27.8 Å². The fraction of sp³-hybridized carbons (Fsp3) is 0.188. The summed E-state index contributed by atoms with van der Waals surface area (Å²) >= 11 is 2.97. The highest BCUT2D eigenvalue weighted by atomic mass is 32.2. The van der Waals surface area contributed by atoms with Crippen molar-refractivity contribution in [3.8, 4) is 10.4 Å². The number of nitrogens with zero attached hydrogens (tertiary/aromatic N) is 2. The average Bonchev–Trinajstić information content (AvgIpc) is 3.15. The van der Waals surface area contributed by atoms with Crippen molar-refractivity contribution in [2.24, 2.45) is 0 Å². The molecule has 4 rings (SSSR count). The van der Waals surface area contributed by atoms with E-state index in [2.05, 4.69) is 9.97 Å². The standard InChI is InChI=1S/C16H11FN2O2S2/c17-10-3-1-9(2-4-10)13-7-11-14(22-13)15(19-8-18-11)23-12-5-6-21-16(12)20/h1-4,7-8,12H,5-6H2/t12-/m1/s1. The van der Waals surface area contributed by atoms with Crippen molar-refractivity contribution < 1.29 is 13.9 Å². The molecule has 116 valence electrons. The Labute approximate surface area is 139 Å². The number of thioether (sulfide) groups is 1. The van der Waals surface area contributed by atoms with Crippen LogP contribution in [0.1, 0.15) is 6.42 Å². The number of thiophene rings is 1. The quantitative estimate of drug-likeness (QED) is 0.532. The van der Waals surface area contributed by atoms with Gasteiger partial charge >= 0.3 is 5.97 Å². The zero-order valence-electron chi connectivity index (χ0n) is 11.9. The fourth-order valence-corrected chi connectivity index (χ4v) is 4.63. The second-order valence-electron chi connectivity index (χ2n) is 5.07. The minimum Gasteiger partial charge on any atom is -0.465 e. The van der Waals surface area contributed by atoms with Crippen molar-refractivity contribution in [3.63, 3.8) is 0 Å². The van der Waals surface area contributed by atoms with Crippen LogP contribution in [0.5, 0.6) is 0 Å². The van der Waals surface area contributed by atoms with Crippen LogP contribution in [0.3, 0.4) is 0 Å². The van der Waals surface area contributed by atoms with Gasteiger partial charge < -0.3 is 4.74 Å².